The number of carboxylic acids is 1. The lowest BCUT2D eigenvalue weighted by Crippen LogP contribution is -2.18. The quantitative estimate of drug-likeness (QED) is 0.713. The van der Waals surface area contributed by atoms with Gasteiger partial charge in [-0.05, 0) is 12.1 Å². The largest absolute Gasteiger partial charge is 0.481 e. The van der Waals surface area contributed by atoms with E-state index in [0.717, 1.165) is 0 Å². The van der Waals surface area contributed by atoms with Crippen LogP contribution in [0.25, 0.3) is 0 Å². The predicted molar refractivity (Wildman–Crippen MR) is 68.6 cm³/mol. The number of carbonyl (C=O) groups excluding carboxylic acids is 2. The monoisotopic (exact) mass is 267 g/mol. The van der Waals surface area contributed by atoms with Gasteiger partial charge in [-0.1, -0.05) is 0 Å². The standard InChI is InChI=1S/C7H8N2O.C5H9NO3/c1-8-7(10)6-2-4-9-5-3-6;1-6-4(7)2-3-5(8)9/h2-5H,1H3,(H,8,10);2-3H2,1H3,(H,6,7)(H,8,9). The molecule has 7 nitrogen and oxygen atoms in total. The first kappa shape index (κ1) is 16.6. The van der Waals surface area contributed by atoms with Crippen LogP contribution in [-0.4, -0.2) is 42.0 Å². The lowest BCUT2D eigenvalue weighted by molar-refractivity contribution is -0.138. The molecule has 0 saturated heterocycles. The number of nitrogens with one attached hydrogen (secondary N) is 2. The SMILES string of the molecule is CNC(=O)CCC(=O)O.CNC(=O)c1ccncc1. The van der Waals surface area contributed by atoms with Crippen LogP contribution >= 0.6 is 0 Å². The van der Waals surface area contributed by atoms with Crippen molar-refractivity contribution in [3.8, 4) is 0 Å². The summed E-state index contributed by atoms with van der Waals surface area (Å²) < 4.78 is 0. The van der Waals surface area contributed by atoms with E-state index in [2.05, 4.69) is 15.6 Å². The van der Waals surface area contributed by atoms with E-state index >= 15 is 0 Å². The molecule has 1 aromatic rings. The van der Waals surface area contributed by atoms with E-state index in [0.29, 0.717) is 5.56 Å². The van der Waals surface area contributed by atoms with Crippen LogP contribution in [0.4, 0.5) is 0 Å². The van der Waals surface area contributed by atoms with Crippen LogP contribution in [0.5, 0.6) is 0 Å². The molecule has 3 N–H and O–H groups in total. The van der Waals surface area contributed by atoms with E-state index < -0.39 is 5.97 Å². The number of hydrogen-bond acceptors (Lipinski definition) is 4. The second-order valence-electron chi connectivity index (χ2n) is 3.38. The Morgan fingerprint density at radius 2 is 1.68 bits per heavy atom. The Bertz CT molecular complexity index is 420. The molecule has 1 heterocycles. The maximum atomic E-state index is 10.9. The summed E-state index contributed by atoms with van der Waals surface area (Å²) in [6, 6.07) is 3.33. The summed E-state index contributed by atoms with van der Waals surface area (Å²) >= 11 is 0. The maximum absolute atomic E-state index is 10.9. The third kappa shape index (κ3) is 8.31. The van der Waals surface area contributed by atoms with Gasteiger partial charge in [-0.3, -0.25) is 19.4 Å². The summed E-state index contributed by atoms with van der Waals surface area (Å²) in [6.45, 7) is 0. The van der Waals surface area contributed by atoms with Crippen LogP contribution in [0.15, 0.2) is 24.5 Å². The van der Waals surface area contributed by atoms with Crippen molar-refractivity contribution in [2.45, 2.75) is 12.8 Å². The molecule has 0 aliphatic heterocycles. The van der Waals surface area contributed by atoms with Crippen molar-refractivity contribution in [3.63, 3.8) is 0 Å². The van der Waals surface area contributed by atoms with Crippen LogP contribution in [0.1, 0.15) is 23.2 Å². The summed E-state index contributed by atoms with van der Waals surface area (Å²) in [5, 5.41) is 12.9. The molecule has 0 radical (unpaired) electrons. The van der Waals surface area contributed by atoms with Gasteiger partial charge >= 0.3 is 5.97 Å². The highest BCUT2D eigenvalue weighted by Gasteiger charge is 2.01. The van der Waals surface area contributed by atoms with E-state index in [1.807, 2.05) is 0 Å². The van der Waals surface area contributed by atoms with Crippen molar-refractivity contribution in [1.82, 2.24) is 15.6 Å². The third-order valence-corrected chi connectivity index (χ3v) is 2.01. The van der Waals surface area contributed by atoms with Crippen LogP contribution in [0, 0.1) is 0 Å². The highest BCUT2D eigenvalue weighted by molar-refractivity contribution is 5.93. The second-order valence-corrected chi connectivity index (χ2v) is 3.38. The maximum Gasteiger partial charge on any atom is 0.303 e. The van der Waals surface area contributed by atoms with Gasteiger partial charge in [0.25, 0.3) is 5.91 Å². The fourth-order valence-electron chi connectivity index (χ4n) is 0.993. The van der Waals surface area contributed by atoms with Gasteiger partial charge in [0.15, 0.2) is 0 Å². The van der Waals surface area contributed by atoms with Gasteiger partial charge in [0.1, 0.15) is 0 Å². The van der Waals surface area contributed by atoms with Crippen LogP contribution in [-0.2, 0) is 9.59 Å². The topological polar surface area (TPSA) is 108 Å². The van der Waals surface area contributed by atoms with Gasteiger partial charge in [-0.25, -0.2) is 0 Å². The molecule has 0 unspecified atom stereocenters. The molecule has 0 spiro atoms. The summed E-state index contributed by atoms with van der Waals surface area (Å²) in [4.78, 5) is 34.8. The fourth-order valence-corrected chi connectivity index (χ4v) is 0.993. The number of hydrogen-bond donors (Lipinski definition) is 3. The highest BCUT2D eigenvalue weighted by atomic mass is 16.4. The van der Waals surface area contributed by atoms with E-state index in [1.165, 1.54) is 7.05 Å². The molecule has 7 heteroatoms. The summed E-state index contributed by atoms with van der Waals surface area (Å²) in [6.07, 6.45) is 3.14. The Balaban J connectivity index is 0.000000344. The number of rotatable bonds is 4. The lowest BCUT2D eigenvalue weighted by Gasteiger charge is -1.95. The summed E-state index contributed by atoms with van der Waals surface area (Å²) in [5.41, 5.74) is 0.637. The zero-order valence-electron chi connectivity index (χ0n) is 10.8. The molecule has 0 atom stereocenters. The molecule has 104 valence electrons. The first-order chi connectivity index (χ1) is 9.01. The van der Waals surface area contributed by atoms with Crippen LogP contribution in [0.3, 0.4) is 0 Å². The van der Waals surface area contributed by atoms with E-state index in [9.17, 15) is 14.4 Å². The number of carbonyl (C=O) groups is 3. The summed E-state index contributed by atoms with van der Waals surface area (Å²) in [7, 11) is 3.08. The first-order valence-electron chi connectivity index (χ1n) is 5.55. The van der Waals surface area contributed by atoms with E-state index in [1.54, 1.807) is 31.6 Å². The molecular formula is C12H17N3O4. The fraction of sp³-hybridized carbons (Fsp3) is 0.333. The highest BCUT2D eigenvalue weighted by Crippen LogP contribution is 1.93. The van der Waals surface area contributed by atoms with Gasteiger partial charge in [0.05, 0.1) is 6.42 Å². The van der Waals surface area contributed by atoms with Gasteiger partial charge in [0, 0.05) is 38.5 Å². The zero-order valence-corrected chi connectivity index (χ0v) is 10.8. The molecule has 0 fully saturated rings. The second kappa shape index (κ2) is 9.58. The van der Waals surface area contributed by atoms with E-state index in [4.69, 9.17) is 5.11 Å². The van der Waals surface area contributed by atoms with Gasteiger partial charge in [-0.15, -0.1) is 0 Å². The van der Waals surface area contributed by atoms with Crippen molar-refractivity contribution in [2.24, 2.45) is 0 Å². The zero-order chi connectivity index (χ0) is 14.7. The molecule has 1 aromatic heterocycles. The number of carboxylic acid groups (broad SMARTS) is 1. The number of aromatic nitrogens is 1. The lowest BCUT2D eigenvalue weighted by atomic mass is 10.2. The van der Waals surface area contributed by atoms with Crippen LogP contribution in [0.2, 0.25) is 0 Å². The first-order valence-corrected chi connectivity index (χ1v) is 5.55. The van der Waals surface area contributed by atoms with Gasteiger partial charge in [0.2, 0.25) is 5.91 Å². The molecule has 2 amide bonds. The molecule has 0 aliphatic carbocycles. The van der Waals surface area contributed by atoms with Crippen molar-refractivity contribution < 1.29 is 19.5 Å². The minimum absolute atomic E-state index is 0.0613. The van der Waals surface area contributed by atoms with Gasteiger partial charge in [-0.2, -0.15) is 0 Å². The van der Waals surface area contributed by atoms with Crippen molar-refractivity contribution in [1.29, 1.82) is 0 Å². The minimum atomic E-state index is -0.946. The average molecular weight is 267 g/mol. The molecule has 0 saturated carbocycles. The Morgan fingerprint density at radius 3 is 2.11 bits per heavy atom. The molecule has 19 heavy (non-hydrogen) atoms. The normalized spacial score (nSPS) is 8.74. The van der Waals surface area contributed by atoms with Gasteiger partial charge < -0.3 is 15.7 Å². The number of nitrogens with zero attached hydrogens (tertiary/aromatic N) is 1. The minimum Gasteiger partial charge on any atom is -0.481 e. The van der Waals surface area contributed by atoms with E-state index in [-0.39, 0.29) is 24.7 Å². The van der Waals surface area contributed by atoms with Crippen molar-refractivity contribution >= 4 is 17.8 Å². The van der Waals surface area contributed by atoms with Crippen molar-refractivity contribution in [3.05, 3.63) is 30.1 Å². The Morgan fingerprint density at radius 1 is 1.11 bits per heavy atom. The number of pyridine rings is 1. The molecule has 0 aliphatic rings. The molecule has 0 bridgehead atoms. The third-order valence-electron chi connectivity index (χ3n) is 2.01. The predicted octanol–water partition coefficient (Wildman–Crippen LogP) is 0.0384. The van der Waals surface area contributed by atoms with Crippen LogP contribution < -0.4 is 10.6 Å². The Labute approximate surface area is 111 Å². The smallest absolute Gasteiger partial charge is 0.303 e. The summed E-state index contributed by atoms with van der Waals surface area (Å²) in [5.74, 6) is -1.27. The van der Waals surface area contributed by atoms with Crippen molar-refractivity contribution in [2.75, 3.05) is 14.1 Å². The number of amides is 2. The average Bonchev–Trinajstić information content (AvgIpc) is 2.45. The molecular weight excluding hydrogens is 250 g/mol. The Hall–Kier alpha value is -2.44. The molecule has 0 aromatic carbocycles. The number of aliphatic carboxylic acids is 1. The molecule has 1 rings (SSSR count). The Kier molecular flexibility index (Phi) is 8.35.